The molecule has 2 rings (SSSR count). The Hall–Kier alpha value is -2.03. The average molecular weight is 284 g/mol. The summed E-state index contributed by atoms with van der Waals surface area (Å²) in [5, 5.41) is 0. The van der Waals surface area contributed by atoms with Crippen molar-refractivity contribution in [2.24, 2.45) is 0 Å². The maximum atomic E-state index is 11.7. The SMILES string of the molecule is CC(=O)N(Cc1cccn1Cc1cccc(C)c1)C(C)C. The minimum atomic E-state index is 0.119. The molecular weight excluding hydrogens is 260 g/mol. The zero-order valence-electron chi connectivity index (χ0n) is 13.3. The van der Waals surface area contributed by atoms with Crippen molar-refractivity contribution in [1.82, 2.24) is 9.47 Å². The summed E-state index contributed by atoms with van der Waals surface area (Å²) in [6.45, 7) is 9.34. The van der Waals surface area contributed by atoms with Crippen molar-refractivity contribution in [1.29, 1.82) is 0 Å². The number of hydrogen-bond donors (Lipinski definition) is 0. The van der Waals surface area contributed by atoms with Gasteiger partial charge in [0, 0.05) is 31.4 Å². The first kappa shape index (κ1) is 15.4. The van der Waals surface area contributed by atoms with E-state index in [0.29, 0.717) is 6.54 Å². The molecule has 0 radical (unpaired) electrons. The molecule has 1 aromatic carbocycles. The van der Waals surface area contributed by atoms with Gasteiger partial charge in [-0.05, 0) is 38.5 Å². The number of hydrogen-bond acceptors (Lipinski definition) is 1. The highest BCUT2D eigenvalue weighted by Crippen LogP contribution is 2.13. The molecule has 3 heteroatoms. The number of benzene rings is 1. The summed E-state index contributed by atoms with van der Waals surface area (Å²) in [5.74, 6) is 0.119. The van der Waals surface area contributed by atoms with Gasteiger partial charge in [-0.3, -0.25) is 4.79 Å². The van der Waals surface area contributed by atoms with Gasteiger partial charge in [-0.1, -0.05) is 29.8 Å². The van der Waals surface area contributed by atoms with Crippen LogP contribution >= 0.6 is 0 Å². The summed E-state index contributed by atoms with van der Waals surface area (Å²) < 4.78 is 2.22. The van der Waals surface area contributed by atoms with E-state index in [1.54, 1.807) is 6.92 Å². The van der Waals surface area contributed by atoms with Crippen LogP contribution in [0, 0.1) is 6.92 Å². The average Bonchev–Trinajstić information content (AvgIpc) is 2.82. The molecule has 0 atom stereocenters. The second kappa shape index (κ2) is 6.61. The Morgan fingerprint density at radius 1 is 1.24 bits per heavy atom. The van der Waals surface area contributed by atoms with E-state index in [2.05, 4.69) is 61.9 Å². The van der Waals surface area contributed by atoms with Gasteiger partial charge in [0.2, 0.25) is 5.91 Å². The number of carbonyl (C=O) groups is 1. The molecule has 0 saturated carbocycles. The van der Waals surface area contributed by atoms with Gasteiger partial charge >= 0.3 is 0 Å². The lowest BCUT2D eigenvalue weighted by Gasteiger charge is -2.26. The Bertz CT molecular complexity index is 613. The van der Waals surface area contributed by atoms with Crippen LogP contribution in [0.1, 0.15) is 37.6 Å². The van der Waals surface area contributed by atoms with E-state index < -0.39 is 0 Å². The molecule has 3 nitrogen and oxygen atoms in total. The van der Waals surface area contributed by atoms with Gasteiger partial charge in [-0.25, -0.2) is 0 Å². The van der Waals surface area contributed by atoms with Gasteiger partial charge < -0.3 is 9.47 Å². The standard InChI is InChI=1S/C18H24N2O/c1-14(2)20(16(4)21)13-18-9-6-10-19(18)12-17-8-5-7-15(3)11-17/h5-11,14H,12-13H2,1-4H3. The fourth-order valence-corrected chi connectivity index (χ4v) is 2.59. The Balaban J connectivity index is 2.17. The highest BCUT2D eigenvalue weighted by Gasteiger charge is 2.15. The van der Waals surface area contributed by atoms with Gasteiger partial charge in [0.05, 0.1) is 6.54 Å². The van der Waals surface area contributed by atoms with E-state index in [0.717, 1.165) is 6.54 Å². The van der Waals surface area contributed by atoms with E-state index in [-0.39, 0.29) is 11.9 Å². The largest absolute Gasteiger partial charge is 0.345 e. The van der Waals surface area contributed by atoms with E-state index in [1.807, 2.05) is 11.0 Å². The van der Waals surface area contributed by atoms with Crippen molar-refractivity contribution >= 4 is 5.91 Å². The van der Waals surface area contributed by atoms with Crippen LogP contribution in [0.3, 0.4) is 0 Å². The Kier molecular flexibility index (Phi) is 4.84. The van der Waals surface area contributed by atoms with Crippen molar-refractivity contribution in [3.8, 4) is 0 Å². The Morgan fingerprint density at radius 2 is 2.00 bits per heavy atom. The number of carbonyl (C=O) groups excluding carboxylic acids is 1. The van der Waals surface area contributed by atoms with Gasteiger partial charge in [0.25, 0.3) is 0 Å². The van der Waals surface area contributed by atoms with Crippen molar-refractivity contribution in [3.63, 3.8) is 0 Å². The van der Waals surface area contributed by atoms with Gasteiger partial charge in [0.1, 0.15) is 0 Å². The van der Waals surface area contributed by atoms with E-state index >= 15 is 0 Å². The van der Waals surface area contributed by atoms with Crippen LogP contribution in [-0.4, -0.2) is 21.4 Å². The third-order valence-electron chi connectivity index (χ3n) is 3.72. The second-order valence-corrected chi connectivity index (χ2v) is 5.86. The van der Waals surface area contributed by atoms with Gasteiger partial charge in [0.15, 0.2) is 0 Å². The highest BCUT2D eigenvalue weighted by molar-refractivity contribution is 5.73. The first-order valence-corrected chi connectivity index (χ1v) is 7.44. The summed E-state index contributed by atoms with van der Waals surface area (Å²) in [4.78, 5) is 13.6. The van der Waals surface area contributed by atoms with Crippen molar-refractivity contribution < 1.29 is 4.79 Å². The Morgan fingerprint density at radius 3 is 2.62 bits per heavy atom. The zero-order chi connectivity index (χ0) is 15.4. The molecule has 0 N–H and O–H groups in total. The first-order chi connectivity index (χ1) is 9.97. The van der Waals surface area contributed by atoms with Gasteiger partial charge in [-0.2, -0.15) is 0 Å². The summed E-state index contributed by atoms with van der Waals surface area (Å²) in [7, 11) is 0. The summed E-state index contributed by atoms with van der Waals surface area (Å²) in [6.07, 6.45) is 2.08. The number of amides is 1. The zero-order valence-corrected chi connectivity index (χ0v) is 13.3. The van der Waals surface area contributed by atoms with Crippen LogP contribution in [0.25, 0.3) is 0 Å². The maximum absolute atomic E-state index is 11.7. The summed E-state index contributed by atoms with van der Waals surface area (Å²) in [5.41, 5.74) is 3.72. The molecule has 0 aliphatic rings. The number of nitrogens with zero attached hydrogens (tertiary/aromatic N) is 2. The lowest BCUT2D eigenvalue weighted by molar-refractivity contribution is -0.131. The monoisotopic (exact) mass is 284 g/mol. The molecule has 2 aromatic rings. The molecule has 0 spiro atoms. The van der Waals surface area contributed by atoms with Crippen molar-refractivity contribution in [2.75, 3.05) is 0 Å². The molecule has 0 aliphatic carbocycles. The molecule has 0 saturated heterocycles. The van der Waals surface area contributed by atoms with E-state index in [4.69, 9.17) is 0 Å². The topological polar surface area (TPSA) is 25.2 Å². The van der Waals surface area contributed by atoms with E-state index in [9.17, 15) is 4.79 Å². The quantitative estimate of drug-likeness (QED) is 0.823. The molecule has 21 heavy (non-hydrogen) atoms. The molecule has 1 heterocycles. The second-order valence-electron chi connectivity index (χ2n) is 5.86. The molecule has 1 aromatic heterocycles. The molecule has 112 valence electrons. The minimum Gasteiger partial charge on any atom is -0.345 e. The lowest BCUT2D eigenvalue weighted by atomic mass is 10.1. The molecule has 0 fully saturated rings. The van der Waals surface area contributed by atoms with Crippen LogP contribution in [0.4, 0.5) is 0 Å². The third-order valence-corrected chi connectivity index (χ3v) is 3.72. The third kappa shape index (κ3) is 3.97. The van der Waals surface area contributed by atoms with Crippen LogP contribution in [-0.2, 0) is 17.9 Å². The van der Waals surface area contributed by atoms with Crippen LogP contribution < -0.4 is 0 Å². The molecule has 0 aliphatic heterocycles. The maximum Gasteiger partial charge on any atom is 0.220 e. The molecule has 0 unspecified atom stereocenters. The molecule has 0 bridgehead atoms. The smallest absolute Gasteiger partial charge is 0.220 e. The summed E-state index contributed by atoms with van der Waals surface area (Å²) >= 11 is 0. The Labute approximate surface area is 127 Å². The number of rotatable bonds is 5. The molecule has 1 amide bonds. The fourth-order valence-electron chi connectivity index (χ4n) is 2.59. The van der Waals surface area contributed by atoms with Gasteiger partial charge in [-0.15, -0.1) is 0 Å². The fraction of sp³-hybridized carbons (Fsp3) is 0.389. The van der Waals surface area contributed by atoms with Crippen molar-refractivity contribution in [2.45, 2.75) is 46.8 Å². The predicted molar refractivity (Wildman–Crippen MR) is 86.1 cm³/mol. The van der Waals surface area contributed by atoms with E-state index in [1.165, 1.54) is 16.8 Å². The highest BCUT2D eigenvalue weighted by atomic mass is 16.2. The van der Waals surface area contributed by atoms with Crippen LogP contribution in [0.2, 0.25) is 0 Å². The lowest BCUT2D eigenvalue weighted by Crippen LogP contribution is -2.35. The summed E-state index contributed by atoms with van der Waals surface area (Å²) in [6, 6.07) is 12.9. The van der Waals surface area contributed by atoms with Crippen molar-refractivity contribution in [3.05, 3.63) is 59.4 Å². The molecular formula is C18H24N2O. The first-order valence-electron chi connectivity index (χ1n) is 7.44. The van der Waals surface area contributed by atoms with Crippen LogP contribution in [0.5, 0.6) is 0 Å². The predicted octanol–water partition coefficient (Wildman–Crippen LogP) is 3.60. The normalized spacial score (nSPS) is 10.9. The minimum absolute atomic E-state index is 0.119. The number of aromatic nitrogens is 1. The van der Waals surface area contributed by atoms with Crippen LogP contribution in [0.15, 0.2) is 42.6 Å². The number of aryl methyl sites for hydroxylation is 1.